The molecule has 2 aliphatic rings. The fourth-order valence-electron chi connectivity index (χ4n) is 3.30. The molecule has 5 nitrogen and oxygen atoms in total. The number of ether oxygens (including phenoxy) is 2. The highest BCUT2D eigenvalue weighted by Crippen LogP contribution is 2.51. The minimum atomic E-state index is -0.710. The third kappa shape index (κ3) is 2.40. The van der Waals surface area contributed by atoms with E-state index in [2.05, 4.69) is 19.2 Å². The van der Waals surface area contributed by atoms with Crippen molar-refractivity contribution in [2.75, 3.05) is 19.8 Å². The van der Waals surface area contributed by atoms with E-state index in [9.17, 15) is 4.79 Å². The largest absolute Gasteiger partial charge is 0.448 e. The summed E-state index contributed by atoms with van der Waals surface area (Å²) in [7, 11) is 0. The fraction of sp³-hybridized carbons (Fsp3) is 0.917. The predicted molar refractivity (Wildman–Crippen MR) is 63.6 cm³/mol. The van der Waals surface area contributed by atoms with E-state index >= 15 is 0 Å². The lowest BCUT2D eigenvalue weighted by molar-refractivity contribution is -0.192. The summed E-state index contributed by atoms with van der Waals surface area (Å²) in [5.41, 5.74) is 5.07. The van der Waals surface area contributed by atoms with Gasteiger partial charge < -0.3 is 20.5 Å². The second-order valence-electron chi connectivity index (χ2n) is 5.52. The monoisotopic (exact) mass is 242 g/mol. The van der Waals surface area contributed by atoms with Crippen LogP contribution in [0.25, 0.3) is 0 Å². The number of carbonyl (C=O) groups is 1. The van der Waals surface area contributed by atoms with Crippen LogP contribution in [-0.4, -0.2) is 38.0 Å². The van der Waals surface area contributed by atoms with Gasteiger partial charge >= 0.3 is 6.09 Å². The molecule has 3 atom stereocenters. The highest BCUT2D eigenvalue weighted by Gasteiger charge is 2.57. The topological polar surface area (TPSA) is 73.6 Å². The van der Waals surface area contributed by atoms with Crippen molar-refractivity contribution in [2.45, 2.75) is 38.8 Å². The first-order chi connectivity index (χ1) is 8.03. The second-order valence-corrected chi connectivity index (χ2v) is 5.52. The van der Waals surface area contributed by atoms with Crippen LogP contribution in [0, 0.1) is 11.3 Å². The summed E-state index contributed by atoms with van der Waals surface area (Å²) in [5, 5.41) is 3.45. The zero-order valence-corrected chi connectivity index (χ0v) is 10.6. The molecule has 5 heteroatoms. The van der Waals surface area contributed by atoms with Gasteiger partial charge in [-0.15, -0.1) is 0 Å². The predicted octanol–water partition coefficient (Wildman–Crippen LogP) is 0.875. The van der Waals surface area contributed by atoms with Gasteiger partial charge in [-0.3, -0.25) is 0 Å². The van der Waals surface area contributed by atoms with Gasteiger partial charge in [-0.25, -0.2) is 4.79 Å². The maximum Gasteiger partial charge on any atom is 0.404 e. The van der Waals surface area contributed by atoms with Gasteiger partial charge in [0.05, 0.1) is 6.10 Å². The van der Waals surface area contributed by atoms with Crippen LogP contribution < -0.4 is 11.1 Å². The Hall–Kier alpha value is -0.810. The number of carbonyl (C=O) groups excluding carboxylic acids is 1. The quantitative estimate of drug-likeness (QED) is 0.718. The lowest BCUT2D eigenvalue weighted by atomic mass is 9.55. The molecule has 3 unspecified atom stereocenters. The molecule has 0 radical (unpaired) electrons. The van der Waals surface area contributed by atoms with E-state index in [1.807, 2.05) is 0 Å². The van der Waals surface area contributed by atoms with Gasteiger partial charge in [-0.1, -0.05) is 13.8 Å². The molecular weight excluding hydrogens is 220 g/mol. The highest BCUT2D eigenvalue weighted by atomic mass is 16.5. The molecule has 1 aliphatic heterocycles. The van der Waals surface area contributed by atoms with E-state index in [0.29, 0.717) is 31.2 Å². The Morgan fingerprint density at radius 1 is 1.59 bits per heavy atom. The van der Waals surface area contributed by atoms with Crippen LogP contribution in [0.5, 0.6) is 0 Å². The number of hydrogen-bond donors (Lipinski definition) is 2. The zero-order valence-electron chi connectivity index (χ0n) is 10.6. The minimum Gasteiger partial charge on any atom is -0.448 e. The van der Waals surface area contributed by atoms with E-state index < -0.39 is 6.09 Å². The van der Waals surface area contributed by atoms with E-state index in [1.54, 1.807) is 0 Å². The summed E-state index contributed by atoms with van der Waals surface area (Å²) >= 11 is 0. The average molecular weight is 242 g/mol. The normalized spacial score (nSPS) is 34.6. The van der Waals surface area contributed by atoms with E-state index in [0.717, 1.165) is 13.0 Å². The Bertz CT molecular complexity index is 293. The van der Waals surface area contributed by atoms with Crippen LogP contribution in [0.3, 0.4) is 0 Å². The summed E-state index contributed by atoms with van der Waals surface area (Å²) in [6.07, 6.45) is 2.04. The van der Waals surface area contributed by atoms with Crippen molar-refractivity contribution < 1.29 is 14.3 Å². The Kier molecular flexibility index (Phi) is 3.58. The van der Waals surface area contributed by atoms with Crippen molar-refractivity contribution in [3.63, 3.8) is 0 Å². The molecule has 0 spiro atoms. The number of hydrogen-bond acceptors (Lipinski definition) is 4. The molecule has 0 bridgehead atoms. The third-order valence-electron chi connectivity index (χ3n) is 4.04. The molecule has 2 fully saturated rings. The summed E-state index contributed by atoms with van der Waals surface area (Å²) < 4.78 is 10.5. The van der Waals surface area contributed by atoms with Crippen molar-refractivity contribution >= 4 is 6.09 Å². The number of primary amides is 1. The highest BCUT2D eigenvalue weighted by molar-refractivity contribution is 5.64. The number of nitrogens with two attached hydrogens (primary N) is 1. The molecule has 2 rings (SSSR count). The molecule has 1 heterocycles. The molecule has 17 heavy (non-hydrogen) atoms. The van der Waals surface area contributed by atoms with Crippen molar-refractivity contribution in [1.29, 1.82) is 0 Å². The molecule has 3 N–H and O–H groups in total. The number of amides is 1. The van der Waals surface area contributed by atoms with Crippen LogP contribution in [0.2, 0.25) is 0 Å². The number of fused-ring (bicyclic) bond motifs is 1. The standard InChI is InChI=1S/C12H22N2O3/c1-12(2)9(14-5-7-17-11(13)15)8-4-3-6-16-10(8)12/h8-10,14H,3-7H2,1-2H3,(H2,13,15). The summed E-state index contributed by atoms with van der Waals surface area (Å²) in [6, 6.07) is 0.448. The van der Waals surface area contributed by atoms with Crippen molar-refractivity contribution in [2.24, 2.45) is 17.1 Å². The molecule has 0 aromatic heterocycles. The van der Waals surface area contributed by atoms with Gasteiger partial charge in [0.25, 0.3) is 0 Å². The summed E-state index contributed by atoms with van der Waals surface area (Å²) in [6.45, 7) is 6.33. The van der Waals surface area contributed by atoms with Gasteiger partial charge in [0.15, 0.2) is 0 Å². The molecule has 0 aromatic rings. The maximum absolute atomic E-state index is 10.4. The van der Waals surface area contributed by atoms with Crippen LogP contribution in [0.1, 0.15) is 26.7 Å². The molecule has 98 valence electrons. The van der Waals surface area contributed by atoms with Crippen LogP contribution in [0.15, 0.2) is 0 Å². The third-order valence-corrected chi connectivity index (χ3v) is 4.04. The van der Waals surface area contributed by atoms with Gasteiger partial charge in [-0.2, -0.15) is 0 Å². The number of nitrogens with one attached hydrogen (secondary N) is 1. The molecule has 0 aromatic carbocycles. The van der Waals surface area contributed by atoms with Gasteiger partial charge in [0.1, 0.15) is 6.61 Å². The molecule has 1 aliphatic carbocycles. The SMILES string of the molecule is CC1(C)C(NCCOC(N)=O)C2CCCOC21. The second kappa shape index (κ2) is 4.82. The fourth-order valence-corrected chi connectivity index (χ4v) is 3.30. The first-order valence-electron chi connectivity index (χ1n) is 6.30. The summed E-state index contributed by atoms with van der Waals surface area (Å²) in [5.74, 6) is 0.604. The van der Waals surface area contributed by atoms with Crippen LogP contribution in [-0.2, 0) is 9.47 Å². The van der Waals surface area contributed by atoms with E-state index in [-0.39, 0.29) is 5.41 Å². The van der Waals surface area contributed by atoms with Crippen LogP contribution >= 0.6 is 0 Å². The first-order valence-corrected chi connectivity index (χ1v) is 6.30. The lowest BCUT2D eigenvalue weighted by Crippen LogP contribution is -2.69. The van der Waals surface area contributed by atoms with E-state index in [1.165, 1.54) is 6.42 Å². The molecule has 1 saturated heterocycles. The zero-order chi connectivity index (χ0) is 12.5. The van der Waals surface area contributed by atoms with Crippen molar-refractivity contribution in [1.82, 2.24) is 5.32 Å². The van der Waals surface area contributed by atoms with Crippen LogP contribution in [0.4, 0.5) is 4.79 Å². The van der Waals surface area contributed by atoms with Gasteiger partial charge in [0.2, 0.25) is 0 Å². The van der Waals surface area contributed by atoms with Crippen molar-refractivity contribution in [3.8, 4) is 0 Å². The Morgan fingerprint density at radius 2 is 2.35 bits per heavy atom. The van der Waals surface area contributed by atoms with Crippen molar-refractivity contribution in [3.05, 3.63) is 0 Å². The Labute approximate surface area is 102 Å². The Balaban J connectivity index is 1.78. The summed E-state index contributed by atoms with van der Waals surface area (Å²) in [4.78, 5) is 10.4. The smallest absolute Gasteiger partial charge is 0.404 e. The first kappa shape index (κ1) is 12.6. The maximum atomic E-state index is 10.4. The number of rotatable bonds is 4. The molecule has 1 saturated carbocycles. The Morgan fingerprint density at radius 3 is 3.06 bits per heavy atom. The minimum absolute atomic E-state index is 0.164. The van der Waals surface area contributed by atoms with Gasteiger partial charge in [0, 0.05) is 30.5 Å². The van der Waals surface area contributed by atoms with E-state index in [4.69, 9.17) is 15.2 Å². The molecule has 1 amide bonds. The molecular formula is C12H22N2O3. The lowest BCUT2D eigenvalue weighted by Gasteiger charge is -2.60. The van der Waals surface area contributed by atoms with Gasteiger partial charge in [-0.05, 0) is 12.8 Å². The average Bonchev–Trinajstić information content (AvgIpc) is 2.28.